The number of nitrogens with zero attached hydrogens (tertiary/aromatic N) is 1. The van der Waals surface area contributed by atoms with Gasteiger partial charge in [-0.25, -0.2) is 0 Å². The van der Waals surface area contributed by atoms with Crippen molar-refractivity contribution < 1.29 is 14.5 Å². The molecule has 0 radical (unpaired) electrons. The predicted molar refractivity (Wildman–Crippen MR) is 86.8 cm³/mol. The zero-order chi connectivity index (χ0) is 15.4. The number of carbonyl (C=O) groups is 1. The fraction of sp³-hybridized carbons (Fsp3) is 0.133. The lowest BCUT2D eigenvalue weighted by Gasteiger charge is -2.08. The maximum Gasteiger partial charge on any atom is 0.273 e. The summed E-state index contributed by atoms with van der Waals surface area (Å²) in [6.07, 6.45) is 0. The average Bonchev–Trinajstić information content (AvgIpc) is 2.46. The number of non-ortho nitro benzene ring substituents is 1. The van der Waals surface area contributed by atoms with Gasteiger partial charge in [0, 0.05) is 15.2 Å². The summed E-state index contributed by atoms with van der Waals surface area (Å²) in [7, 11) is 0. The van der Waals surface area contributed by atoms with Gasteiger partial charge in [-0.3, -0.25) is 14.9 Å². The molecule has 5 nitrogen and oxygen atoms in total. The summed E-state index contributed by atoms with van der Waals surface area (Å²) in [6.45, 7) is 1.62. The van der Waals surface area contributed by atoms with Crippen molar-refractivity contribution in [2.24, 2.45) is 0 Å². The second-order valence-electron chi connectivity index (χ2n) is 4.43. The van der Waals surface area contributed by atoms with Crippen molar-refractivity contribution in [2.75, 3.05) is 6.61 Å². The third-order valence-electron chi connectivity index (χ3n) is 2.91. The highest BCUT2D eigenvalue weighted by atomic mass is 127. The van der Waals surface area contributed by atoms with Gasteiger partial charge in [-0.2, -0.15) is 0 Å². The molecule has 6 heteroatoms. The number of rotatable bonds is 5. The highest BCUT2D eigenvalue weighted by molar-refractivity contribution is 14.1. The summed E-state index contributed by atoms with van der Waals surface area (Å²) in [5.41, 5.74) is 1.24. The van der Waals surface area contributed by atoms with Crippen LogP contribution in [0.4, 0.5) is 5.69 Å². The molecule has 0 fully saturated rings. The molecule has 21 heavy (non-hydrogen) atoms. The molecule has 0 saturated heterocycles. The first-order chi connectivity index (χ1) is 9.97. The molecule has 0 aliphatic rings. The van der Waals surface area contributed by atoms with Crippen molar-refractivity contribution in [3.63, 3.8) is 0 Å². The Morgan fingerprint density at radius 1 is 1.24 bits per heavy atom. The van der Waals surface area contributed by atoms with E-state index < -0.39 is 4.92 Å². The molecule has 2 aromatic carbocycles. The number of hydrogen-bond donors (Lipinski definition) is 0. The number of nitro benzene ring substituents is 1. The van der Waals surface area contributed by atoms with Crippen LogP contribution in [-0.2, 0) is 0 Å². The minimum absolute atomic E-state index is 0.0580. The molecule has 0 amide bonds. The summed E-state index contributed by atoms with van der Waals surface area (Å²) in [6, 6.07) is 11.5. The molecule has 0 heterocycles. The van der Waals surface area contributed by atoms with Crippen LogP contribution in [0.15, 0.2) is 42.5 Å². The van der Waals surface area contributed by atoms with E-state index in [-0.39, 0.29) is 18.1 Å². The van der Waals surface area contributed by atoms with Crippen LogP contribution >= 0.6 is 22.6 Å². The Morgan fingerprint density at radius 2 is 1.90 bits per heavy atom. The van der Waals surface area contributed by atoms with Crippen molar-refractivity contribution >= 4 is 34.1 Å². The van der Waals surface area contributed by atoms with E-state index in [1.165, 1.54) is 12.1 Å². The number of ether oxygens (including phenoxy) is 1. The molecule has 0 unspecified atom stereocenters. The highest BCUT2D eigenvalue weighted by Gasteiger charge is 2.12. The molecule has 0 atom stereocenters. The van der Waals surface area contributed by atoms with Gasteiger partial charge in [0.1, 0.15) is 5.75 Å². The van der Waals surface area contributed by atoms with Crippen LogP contribution in [0.25, 0.3) is 0 Å². The van der Waals surface area contributed by atoms with Crippen LogP contribution in [0.5, 0.6) is 5.75 Å². The smallest absolute Gasteiger partial charge is 0.273 e. The standard InChI is InChI=1S/C15H12INO4/c1-10-2-7-13(17(19)20)8-15(10)21-9-14(18)11-3-5-12(16)6-4-11/h2-8H,9H2,1H3. The average molecular weight is 397 g/mol. The highest BCUT2D eigenvalue weighted by Crippen LogP contribution is 2.24. The van der Waals surface area contributed by atoms with Crippen molar-refractivity contribution in [3.8, 4) is 5.75 Å². The van der Waals surface area contributed by atoms with Gasteiger partial charge in [0.15, 0.2) is 12.4 Å². The van der Waals surface area contributed by atoms with Crippen molar-refractivity contribution in [1.82, 2.24) is 0 Å². The number of ketones is 1. The molecule has 0 aliphatic heterocycles. The maximum atomic E-state index is 12.0. The molecule has 108 valence electrons. The van der Waals surface area contributed by atoms with Crippen LogP contribution in [0, 0.1) is 20.6 Å². The second-order valence-corrected chi connectivity index (χ2v) is 5.67. The fourth-order valence-corrected chi connectivity index (χ4v) is 2.08. The van der Waals surface area contributed by atoms with E-state index in [2.05, 4.69) is 22.6 Å². The van der Waals surface area contributed by atoms with Crippen LogP contribution < -0.4 is 4.74 Å². The summed E-state index contributed by atoms with van der Waals surface area (Å²) < 4.78 is 6.46. The quantitative estimate of drug-likeness (QED) is 0.333. The molecule has 0 aliphatic carbocycles. The monoisotopic (exact) mass is 397 g/mol. The number of nitro groups is 1. The van der Waals surface area contributed by atoms with E-state index in [0.717, 1.165) is 9.13 Å². The minimum Gasteiger partial charge on any atom is -0.485 e. The number of hydrogen-bond acceptors (Lipinski definition) is 4. The molecular weight excluding hydrogens is 385 g/mol. The Kier molecular flexibility index (Phi) is 4.89. The Hall–Kier alpha value is -1.96. The maximum absolute atomic E-state index is 12.0. The van der Waals surface area contributed by atoms with Gasteiger partial charge in [-0.1, -0.05) is 12.1 Å². The summed E-state index contributed by atoms with van der Waals surface area (Å²) in [5.74, 6) is 0.181. The first kappa shape index (κ1) is 15.4. The Labute approximate surface area is 135 Å². The van der Waals surface area contributed by atoms with Gasteiger partial charge in [0.05, 0.1) is 11.0 Å². The number of halogens is 1. The van der Waals surface area contributed by atoms with Crippen molar-refractivity contribution in [2.45, 2.75) is 6.92 Å². The zero-order valence-corrected chi connectivity index (χ0v) is 13.4. The normalized spacial score (nSPS) is 10.2. The van der Waals surface area contributed by atoms with Crippen molar-refractivity contribution in [1.29, 1.82) is 0 Å². The first-order valence-electron chi connectivity index (χ1n) is 6.14. The van der Waals surface area contributed by atoms with Gasteiger partial charge in [0.2, 0.25) is 0 Å². The Bertz CT molecular complexity index is 683. The molecule has 0 bridgehead atoms. The second kappa shape index (κ2) is 6.66. The van der Waals surface area contributed by atoms with Gasteiger partial charge in [0.25, 0.3) is 5.69 Å². The lowest BCUT2D eigenvalue weighted by molar-refractivity contribution is -0.384. The largest absolute Gasteiger partial charge is 0.485 e. The third-order valence-corrected chi connectivity index (χ3v) is 3.63. The van der Waals surface area contributed by atoms with Crippen LogP contribution in [-0.4, -0.2) is 17.3 Å². The van der Waals surface area contributed by atoms with E-state index in [0.29, 0.717) is 11.3 Å². The molecule has 2 rings (SSSR count). The summed E-state index contributed by atoms with van der Waals surface area (Å²) >= 11 is 2.16. The number of carbonyl (C=O) groups excluding carboxylic acids is 1. The fourth-order valence-electron chi connectivity index (χ4n) is 1.72. The minimum atomic E-state index is -0.493. The van der Waals surface area contributed by atoms with Crippen molar-refractivity contribution in [3.05, 3.63) is 67.3 Å². The molecule has 0 aromatic heterocycles. The topological polar surface area (TPSA) is 69.4 Å². The van der Waals surface area contributed by atoms with Gasteiger partial charge >= 0.3 is 0 Å². The van der Waals surface area contributed by atoms with Crippen LogP contribution in [0.1, 0.15) is 15.9 Å². The molecule has 0 spiro atoms. The van der Waals surface area contributed by atoms with Crippen LogP contribution in [0.3, 0.4) is 0 Å². The molecular formula is C15H12INO4. The Morgan fingerprint density at radius 3 is 2.52 bits per heavy atom. The first-order valence-corrected chi connectivity index (χ1v) is 7.22. The molecule has 0 saturated carbocycles. The number of benzene rings is 2. The van der Waals surface area contributed by atoms with Gasteiger partial charge in [-0.05, 0) is 53.3 Å². The number of Topliss-reactive ketones (excluding diaryl/α,β-unsaturated/α-hetero) is 1. The summed E-state index contributed by atoms with van der Waals surface area (Å²) in [5, 5.41) is 10.7. The lowest BCUT2D eigenvalue weighted by atomic mass is 10.1. The molecule has 0 N–H and O–H groups in total. The zero-order valence-electron chi connectivity index (χ0n) is 11.2. The van der Waals surface area contributed by atoms with E-state index in [1.807, 2.05) is 12.1 Å². The predicted octanol–water partition coefficient (Wildman–Crippen LogP) is 3.77. The number of aryl methyl sites for hydroxylation is 1. The van der Waals surface area contributed by atoms with E-state index in [1.54, 1.807) is 25.1 Å². The summed E-state index contributed by atoms with van der Waals surface area (Å²) in [4.78, 5) is 22.2. The van der Waals surface area contributed by atoms with E-state index >= 15 is 0 Å². The van der Waals surface area contributed by atoms with Gasteiger partial charge < -0.3 is 4.74 Å². The Balaban J connectivity index is 2.09. The molecule has 2 aromatic rings. The van der Waals surface area contributed by atoms with Crippen LogP contribution in [0.2, 0.25) is 0 Å². The SMILES string of the molecule is Cc1ccc([N+](=O)[O-])cc1OCC(=O)c1ccc(I)cc1. The van der Waals surface area contributed by atoms with Gasteiger partial charge in [-0.15, -0.1) is 0 Å². The lowest BCUT2D eigenvalue weighted by Crippen LogP contribution is -2.12. The van der Waals surface area contributed by atoms with E-state index in [9.17, 15) is 14.9 Å². The van der Waals surface area contributed by atoms with E-state index in [4.69, 9.17) is 4.74 Å². The third kappa shape index (κ3) is 4.01.